The van der Waals surface area contributed by atoms with Crippen LogP contribution >= 0.6 is 0 Å². The first kappa shape index (κ1) is 81.8. The summed E-state index contributed by atoms with van der Waals surface area (Å²) in [6, 6.07) is -0.542. The maximum absolute atomic E-state index is 12.5. The second-order valence-corrected chi connectivity index (χ2v) is 26.0. The normalized spacial score (nSPS) is 12.8. The smallest absolute Gasteiger partial charge is 0.305 e. The van der Waals surface area contributed by atoms with Gasteiger partial charge < -0.3 is 20.3 Å². The standard InChI is InChI=1S/C78H147NO5/c1-3-5-7-9-11-13-15-17-19-21-35-39-42-46-50-54-58-62-66-70-76(81)75(74-80)79-77(82)71-67-63-59-55-51-47-43-40-36-33-31-29-27-25-23-22-24-26-28-30-32-34-37-41-45-49-53-57-61-65-69-73-84-78(83)72-68-64-60-56-52-48-44-38-20-18-16-14-12-10-8-6-4-2/h12,14,18,20,24,26,30,32,75-76,80-81H,3-11,13,15-17,19,21-23,25,27-29,31,33-74H2,1-2H3,(H,79,82)/b14-12-,20-18-,26-24-,32-30-. The predicted octanol–water partition coefficient (Wildman–Crippen LogP) is 24.8. The Balaban J connectivity index is 3.39. The number of esters is 1. The zero-order chi connectivity index (χ0) is 60.6. The number of carbonyl (C=O) groups excluding carboxylic acids is 2. The molecule has 1 amide bonds. The Morgan fingerprint density at radius 1 is 0.333 bits per heavy atom. The Morgan fingerprint density at radius 2 is 0.595 bits per heavy atom. The highest BCUT2D eigenvalue weighted by Crippen LogP contribution is 2.19. The summed E-state index contributed by atoms with van der Waals surface area (Å²) < 4.78 is 5.50. The molecule has 0 bridgehead atoms. The van der Waals surface area contributed by atoms with Gasteiger partial charge in [-0.2, -0.15) is 0 Å². The third kappa shape index (κ3) is 68.9. The molecule has 0 spiro atoms. The molecule has 0 radical (unpaired) electrons. The van der Waals surface area contributed by atoms with Gasteiger partial charge in [0.15, 0.2) is 0 Å². The van der Waals surface area contributed by atoms with Gasteiger partial charge in [-0.25, -0.2) is 0 Å². The maximum atomic E-state index is 12.5. The van der Waals surface area contributed by atoms with Gasteiger partial charge >= 0.3 is 5.97 Å². The van der Waals surface area contributed by atoms with Crippen molar-refractivity contribution < 1.29 is 24.5 Å². The Kier molecular flexibility index (Phi) is 71.4. The van der Waals surface area contributed by atoms with Gasteiger partial charge in [-0.15, -0.1) is 0 Å². The van der Waals surface area contributed by atoms with E-state index in [9.17, 15) is 19.8 Å². The Bertz CT molecular complexity index is 1400. The van der Waals surface area contributed by atoms with Crippen LogP contribution in [0.1, 0.15) is 412 Å². The van der Waals surface area contributed by atoms with Gasteiger partial charge in [0.05, 0.1) is 25.4 Å². The Morgan fingerprint density at radius 3 is 0.929 bits per heavy atom. The molecule has 0 aliphatic rings. The minimum atomic E-state index is -0.665. The molecule has 2 atom stereocenters. The average molecular weight is 1180 g/mol. The van der Waals surface area contributed by atoms with Crippen LogP contribution in [0.2, 0.25) is 0 Å². The number of amides is 1. The van der Waals surface area contributed by atoms with Gasteiger partial charge in [0, 0.05) is 12.8 Å². The molecule has 0 aromatic heterocycles. The van der Waals surface area contributed by atoms with Crippen LogP contribution in [0.15, 0.2) is 48.6 Å². The molecule has 6 nitrogen and oxygen atoms in total. The summed E-state index contributed by atoms with van der Waals surface area (Å²) in [6.07, 6.45) is 96.1. The summed E-state index contributed by atoms with van der Waals surface area (Å²) in [5.74, 6) is -0.0249. The topological polar surface area (TPSA) is 95.9 Å². The van der Waals surface area contributed by atoms with Crippen molar-refractivity contribution >= 4 is 11.9 Å². The number of hydrogen-bond donors (Lipinski definition) is 3. The van der Waals surface area contributed by atoms with E-state index in [0.29, 0.717) is 25.9 Å². The average Bonchev–Trinajstić information content (AvgIpc) is 3.51. The van der Waals surface area contributed by atoms with Crippen LogP contribution in [-0.2, 0) is 14.3 Å². The predicted molar refractivity (Wildman–Crippen MR) is 370 cm³/mol. The number of hydrogen-bond acceptors (Lipinski definition) is 5. The number of rotatable bonds is 71. The number of aliphatic hydroxyl groups excluding tert-OH is 2. The minimum absolute atomic E-state index is 0.00578. The first-order chi connectivity index (χ1) is 41.5. The number of ether oxygens (including phenoxy) is 1. The van der Waals surface area contributed by atoms with Crippen LogP contribution in [0.5, 0.6) is 0 Å². The third-order valence-corrected chi connectivity index (χ3v) is 17.6. The van der Waals surface area contributed by atoms with Crippen molar-refractivity contribution in [2.45, 2.75) is 424 Å². The molecule has 3 N–H and O–H groups in total. The number of allylic oxidation sites excluding steroid dienone is 8. The zero-order valence-corrected chi connectivity index (χ0v) is 56.6. The van der Waals surface area contributed by atoms with E-state index in [1.807, 2.05) is 0 Å². The molecule has 0 aliphatic carbocycles. The molecule has 0 aliphatic heterocycles. The molecule has 494 valence electrons. The highest BCUT2D eigenvalue weighted by atomic mass is 16.5. The van der Waals surface area contributed by atoms with Gasteiger partial charge in [-0.1, -0.05) is 358 Å². The summed E-state index contributed by atoms with van der Waals surface area (Å²) in [6.45, 7) is 4.96. The lowest BCUT2D eigenvalue weighted by atomic mass is 10.0. The molecule has 2 unspecified atom stereocenters. The molecule has 0 aromatic carbocycles. The Hall–Kier alpha value is -2.18. The van der Waals surface area contributed by atoms with Crippen LogP contribution in [0.25, 0.3) is 0 Å². The molecular formula is C78H147NO5. The van der Waals surface area contributed by atoms with E-state index in [1.54, 1.807) is 0 Å². The van der Waals surface area contributed by atoms with Crippen molar-refractivity contribution in [1.29, 1.82) is 0 Å². The first-order valence-corrected chi connectivity index (χ1v) is 37.9. The van der Waals surface area contributed by atoms with Crippen molar-refractivity contribution in [2.75, 3.05) is 13.2 Å². The SMILES string of the molecule is CCCCC/C=C\C/C=C\CCCCCCCCCC(=O)OCCCCCCCCCCC/C=C\C/C=C\CCCCCCCCCCCCCCCCCC(=O)NC(CO)C(O)CCCCCCCCCCCCCCCCCCCCC. The fraction of sp³-hybridized carbons (Fsp3) is 0.872. The highest BCUT2D eigenvalue weighted by molar-refractivity contribution is 5.76. The third-order valence-electron chi connectivity index (χ3n) is 17.6. The number of unbranched alkanes of at least 4 members (excludes halogenated alkanes) is 52. The molecule has 0 saturated carbocycles. The largest absolute Gasteiger partial charge is 0.466 e. The molecule has 6 heteroatoms. The van der Waals surface area contributed by atoms with E-state index >= 15 is 0 Å². The lowest BCUT2D eigenvalue weighted by Crippen LogP contribution is -2.45. The Labute approximate surface area is 525 Å². The second kappa shape index (κ2) is 73.3. The lowest BCUT2D eigenvalue weighted by molar-refractivity contribution is -0.143. The van der Waals surface area contributed by atoms with Crippen LogP contribution in [-0.4, -0.2) is 47.4 Å². The van der Waals surface area contributed by atoms with E-state index in [0.717, 1.165) is 57.8 Å². The van der Waals surface area contributed by atoms with E-state index in [-0.39, 0.29) is 18.5 Å². The van der Waals surface area contributed by atoms with Crippen LogP contribution in [0, 0.1) is 0 Å². The summed E-state index contributed by atoms with van der Waals surface area (Å²) in [4.78, 5) is 24.6. The molecule has 84 heavy (non-hydrogen) atoms. The van der Waals surface area contributed by atoms with E-state index in [2.05, 4.69) is 67.8 Å². The van der Waals surface area contributed by atoms with E-state index in [1.165, 1.54) is 321 Å². The van der Waals surface area contributed by atoms with E-state index < -0.39 is 12.1 Å². The lowest BCUT2D eigenvalue weighted by Gasteiger charge is -2.22. The maximum Gasteiger partial charge on any atom is 0.305 e. The highest BCUT2D eigenvalue weighted by Gasteiger charge is 2.20. The molecule has 0 saturated heterocycles. The summed E-state index contributed by atoms with van der Waals surface area (Å²) in [5.41, 5.74) is 0. The molecule has 0 heterocycles. The minimum Gasteiger partial charge on any atom is -0.466 e. The molecule has 0 aromatic rings. The molecule has 0 rings (SSSR count). The summed E-state index contributed by atoms with van der Waals surface area (Å²) in [7, 11) is 0. The van der Waals surface area contributed by atoms with Gasteiger partial charge in [-0.05, 0) is 89.9 Å². The summed E-state index contributed by atoms with van der Waals surface area (Å²) >= 11 is 0. The fourth-order valence-corrected chi connectivity index (χ4v) is 11.8. The van der Waals surface area contributed by atoms with Crippen molar-refractivity contribution in [1.82, 2.24) is 5.32 Å². The van der Waals surface area contributed by atoms with Gasteiger partial charge in [0.2, 0.25) is 5.91 Å². The van der Waals surface area contributed by atoms with Crippen molar-refractivity contribution in [3.8, 4) is 0 Å². The number of aliphatic hydroxyl groups is 2. The molecule has 0 fully saturated rings. The quantitative estimate of drug-likeness (QED) is 0.0320. The van der Waals surface area contributed by atoms with Crippen LogP contribution < -0.4 is 5.32 Å². The first-order valence-electron chi connectivity index (χ1n) is 37.9. The van der Waals surface area contributed by atoms with Crippen LogP contribution in [0.4, 0.5) is 0 Å². The van der Waals surface area contributed by atoms with Crippen molar-refractivity contribution in [3.63, 3.8) is 0 Å². The van der Waals surface area contributed by atoms with Crippen molar-refractivity contribution in [3.05, 3.63) is 48.6 Å². The van der Waals surface area contributed by atoms with Crippen LogP contribution in [0.3, 0.4) is 0 Å². The molecular weight excluding hydrogens is 1030 g/mol. The zero-order valence-electron chi connectivity index (χ0n) is 56.6. The fourth-order valence-electron chi connectivity index (χ4n) is 11.8. The number of carbonyl (C=O) groups is 2. The van der Waals surface area contributed by atoms with Gasteiger partial charge in [0.25, 0.3) is 0 Å². The summed E-state index contributed by atoms with van der Waals surface area (Å²) in [5, 5.41) is 23.4. The monoisotopic (exact) mass is 1180 g/mol. The van der Waals surface area contributed by atoms with Gasteiger partial charge in [0.1, 0.15) is 0 Å². The second-order valence-electron chi connectivity index (χ2n) is 26.0. The van der Waals surface area contributed by atoms with Crippen molar-refractivity contribution in [2.24, 2.45) is 0 Å². The number of nitrogens with one attached hydrogen (secondary N) is 1. The van der Waals surface area contributed by atoms with Gasteiger partial charge in [-0.3, -0.25) is 9.59 Å². The van der Waals surface area contributed by atoms with E-state index in [4.69, 9.17) is 4.74 Å².